The van der Waals surface area contributed by atoms with Gasteiger partial charge in [0.1, 0.15) is 5.75 Å². The van der Waals surface area contributed by atoms with Crippen LogP contribution in [0.15, 0.2) is 54.7 Å². The van der Waals surface area contributed by atoms with Crippen molar-refractivity contribution in [2.24, 2.45) is 0 Å². The quantitative estimate of drug-likeness (QED) is 0.754. The van der Waals surface area contributed by atoms with E-state index < -0.39 is 0 Å². The average molecular weight is 305 g/mol. The molecule has 100 valence electrons. The Kier molecular flexibility index (Phi) is 3.38. The van der Waals surface area contributed by atoms with E-state index in [-0.39, 0.29) is 5.75 Å². The Hall–Kier alpha value is -1.97. The van der Waals surface area contributed by atoms with Crippen LogP contribution in [-0.4, -0.2) is 14.9 Å². The van der Waals surface area contributed by atoms with Crippen molar-refractivity contribution in [2.45, 2.75) is 0 Å². The van der Waals surface area contributed by atoms with Crippen molar-refractivity contribution < 1.29 is 5.11 Å². The topological polar surface area (TPSA) is 38.1 Å². The van der Waals surface area contributed by atoms with Gasteiger partial charge in [0.25, 0.3) is 0 Å². The summed E-state index contributed by atoms with van der Waals surface area (Å²) in [6.45, 7) is 0. The molecule has 0 aliphatic carbocycles. The predicted molar refractivity (Wildman–Crippen MR) is 80.7 cm³/mol. The summed E-state index contributed by atoms with van der Waals surface area (Å²) in [6.07, 6.45) is 1.67. The molecule has 0 radical (unpaired) electrons. The van der Waals surface area contributed by atoms with Crippen LogP contribution < -0.4 is 0 Å². The highest BCUT2D eigenvalue weighted by atomic mass is 35.5. The number of phenols is 1. The van der Waals surface area contributed by atoms with Crippen molar-refractivity contribution in [3.05, 3.63) is 64.8 Å². The molecule has 0 amide bonds. The minimum atomic E-state index is 0.0667. The molecule has 0 unspecified atom stereocenters. The molecule has 3 rings (SSSR count). The summed E-state index contributed by atoms with van der Waals surface area (Å²) in [5.74, 6) is 0.0667. The fraction of sp³-hybridized carbons (Fsp3) is 0. The Morgan fingerprint density at radius 2 is 1.65 bits per heavy atom. The molecule has 3 nitrogen and oxygen atoms in total. The van der Waals surface area contributed by atoms with Gasteiger partial charge in [0.2, 0.25) is 0 Å². The first-order chi connectivity index (χ1) is 9.66. The molecule has 0 atom stereocenters. The third-order valence-electron chi connectivity index (χ3n) is 2.96. The Morgan fingerprint density at radius 3 is 2.40 bits per heavy atom. The van der Waals surface area contributed by atoms with Crippen LogP contribution >= 0.6 is 23.2 Å². The van der Waals surface area contributed by atoms with E-state index in [0.29, 0.717) is 15.6 Å². The van der Waals surface area contributed by atoms with Crippen molar-refractivity contribution in [1.82, 2.24) is 9.78 Å². The zero-order chi connectivity index (χ0) is 14.1. The van der Waals surface area contributed by atoms with E-state index in [9.17, 15) is 5.11 Å². The first-order valence-electron chi connectivity index (χ1n) is 5.94. The van der Waals surface area contributed by atoms with Gasteiger partial charge in [-0.15, -0.1) is 0 Å². The molecule has 0 aliphatic rings. The lowest BCUT2D eigenvalue weighted by Crippen LogP contribution is -1.98. The normalized spacial score (nSPS) is 10.7. The van der Waals surface area contributed by atoms with Crippen LogP contribution in [0.3, 0.4) is 0 Å². The number of benzene rings is 2. The van der Waals surface area contributed by atoms with Crippen molar-refractivity contribution in [1.29, 1.82) is 0 Å². The van der Waals surface area contributed by atoms with Gasteiger partial charge < -0.3 is 5.11 Å². The lowest BCUT2D eigenvalue weighted by Gasteiger charge is -2.10. The second-order valence-corrected chi connectivity index (χ2v) is 5.06. The lowest BCUT2D eigenvalue weighted by atomic mass is 10.1. The third kappa shape index (κ3) is 2.26. The molecule has 1 aromatic heterocycles. The molecular weight excluding hydrogens is 295 g/mol. The molecule has 0 fully saturated rings. The number of rotatable bonds is 2. The van der Waals surface area contributed by atoms with Crippen LogP contribution in [-0.2, 0) is 0 Å². The zero-order valence-corrected chi connectivity index (χ0v) is 11.8. The molecular formula is C15H10Cl2N2O. The molecule has 5 heteroatoms. The van der Waals surface area contributed by atoms with Gasteiger partial charge in [0.15, 0.2) is 0 Å². The predicted octanol–water partition coefficient (Wildman–Crippen LogP) is 4.55. The highest BCUT2D eigenvalue weighted by molar-refractivity contribution is 6.42. The van der Waals surface area contributed by atoms with E-state index in [2.05, 4.69) is 5.10 Å². The summed E-state index contributed by atoms with van der Waals surface area (Å²) in [4.78, 5) is 0. The molecule has 1 N–H and O–H groups in total. The van der Waals surface area contributed by atoms with Crippen LogP contribution in [0.25, 0.3) is 16.9 Å². The Balaban J connectivity index is 2.18. The highest BCUT2D eigenvalue weighted by Crippen LogP contribution is 2.36. The first-order valence-corrected chi connectivity index (χ1v) is 6.70. The second-order valence-electron chi connectivity index (χ2n) is 4.25. The molecule has 0 bridgehead atoms. The van der Waals surface area contributed by atoms with Crippen molar-refractivity contribution in [2.75, 3.05) is 0 Å². The van der Waals surface area contributed by atoms with E-state index in [1.54, 1.807) is 16.9 Å². The summed E-state index contributed by atoms with van der Waals surface area (Å²) in [6, 6.07) is 14.5. The molecule has 20 heavy (non-hydrogen) atoms. The molecule has 2 aromatic carbocycles. The molecule has 3 aromatic rings. The van der Waals surface area contributed by atoms with Gasteiger partial charge in [-0.3, -0.25) is 0 Å². The average Bonchev–Trinajstić information content (AvgIpc) is 2.93. The summed E-state index contributed by atoms with van der Waals surface area (Å²) in [7, 11) is 0. The number of halogens is 2. The molecule has 0 saturated carbocycles. The number of nitrogens with zero attached hydrogens (tertiary/aromatic N) is 2. The Labute approximate surface area is 126 Å². The van der Waals surface area contributed by atoms with Crippen LogP contribution in [0, 0.1) is 0 Å². The molecule has 0 spiro atoms. The van der Waals surface area contributed by atoms with Gasteiger partial charge in [0, 0.05) is 11.6 Å². The first kappa shape index (κ1) is 13.0. The van der Waals surface area contributed by atoms with Crippen molar-refractivity contribution >= 4 is 23.2 Å². The minimum Gasteiger partial charge on any atom is -0.507 e. The highest BCUT2D eigenvalue weighted by Gasteiger charge is 2.13. The summed E-state index contributed by atoms with van der Waals surface area (Å²) in [5, 5.41) is 15.1. The fourth-order valence-corrected chi connectivity index (χ4v) is 2.35. The smallest absolute Gasteiger partial charge is 0.126 e. The fourth-order valence-electron chi connectivity index (χ4n) is 2.02. The number of hydrogen-bond acceptors (Lipinski definition) is 2. The van der Waals surface area contributed by atoms with Crippen molar-refractivity contribution in [3.63, 3.8) is 0 Å². The standard InChI is InChI=1S/C15H10Cl2N2O/c16-12-8-11(15(20)9-13(12)17)14-6-7-18-19(14)10-4-2-1-3-5-10/h1-9,20H. The van der Waals surface area contributed by atoms with Crippen LogP contribution in [0.2, 0.25) is 10.0 Å². The maximum atomic E-state index is 10.1. The number of phenolic OH excluding ortho intramolecular Hbond substituents is 1. The van der Waals surface area contributed by atoms with Crippen LogP contribution in [0.1, 0.15) is 0 Å². The largest absolute Gasteiger partial charge is 0.507 e. The second kappa shape index (κ2) is 5.19. The zero-order valence-electron chi connectivity index (χ0n) is 10.3. The van der Waals surface area contributed by atoms with Gasteiger partial charge in [-0.1, -0.05) is 41.4 Å². The van der Waals surface area contributed by atoms with Gasteiger partial charge in [-0.05, 0) is 24.3 Å². The summed E-state index contributed by atoms with van der Waals surface area (Å²) >= 11 is 11.9. The van der Waals surface area contributed by atoms with E-state index in [1.165, 1.54) is 6.07 Å². The van der Waals surface area contributed by atoms with E-state index in [4.69, 9.17) is 23.2 Å². The lowest BCUT2D eigenvalue weighted by molar-refractivity contribution is 0.477. The maximum Gasteiger partial charge on any atom is 0.126 e. The maximum absolute atomic E-state index is 10.1. The molecule has 0 saturated heterocycles. The van der Waals surface area contributed by atoms with Gasteiger partial charge in [-0.2, -0.15) is 5.10 Å². The Bertz CT molecular complexity index is 754. The monoisotopic (exact) mass is 304 g/mol. The van der Waals surface area contributed by atoms with Gasteiger partial charge >= 0.3 is 0 Å². The molecule has 1 heterocycles. The third-order valence-corrected chi connectivity index (χ3v) is 3.68. The van der Waals surface area contributed by atoms with Gasteiger partial charge in [0.05, 0.1) is 27.6 Å². The van der Waals surface area contributed by atoms with Crippen LogP contribution in [0.4, 0.5) is 0 Å². The van der Waals surface area contributed by atoms with E-state index in [1.807, 2.05) is 36.4 Å². The number of hydrogen-bond donors (Lipinski definition) is 1. The Morgan fingerprint density at radius 1 is 0.950 bits per heavy atom. The SMILES string of the molecule is Oc1cc(Cl)c(Cl)cc1-c1ccnn1-c1ccccc1. The number of aromatic hydroxyl groups is 1. The van der Waals surface area contributed by atoms with E-state index in [0.717, 1.165) is 11.4 Å². The van der Waals surface area contributed by atoms with Crippen molar-refractivity contribution in [3.8, 4) is 22.7 Å². The van der Waals surface area contributed by atoms with Gasteiger partial charge in [-0.25, -0.2) is 4.68 Å². The number of para-hydroxylation sites is 1. The summed E-state index contributed by atoms with van der Waals surface area (Å²) in [5.41, 5.74) is 2.23. The van der Waals surface area contributed by atoms with E-state index >= 15 is 0 Å². The summed E-state index contributed by atoms with van der Waals surface area (Å²) < 4.78 is 1.74. The minimum absolute atomic E-state index is 0.0667. The molecule has 0 aliphatic heterocycles. The number of aromatic nitrogens is 2. The van der Waals surface area contributed by atoms with Crippen LogP contribution in [0.5, 0.6) is 5.75 Å².